The van der Waals surface area contributed by atoms with Gasteiger partial charge in [0.1, 0.15) is 17.3 Å². The van der Waals surface area contributed by atoms with Crippen LogP contribution in [-0.4, -0.2) is 24.6 Å². The molecule has 0 saturated carbocycles. The molecule has 0 aliphatic carbocycles. The zero-order valence-electron chi connectivity index (χ0n) is 15.8. The fourth-order valence-corrected chi connectivity index (χ4v) is 2.99. The van der Waals surface area contributed by atoms with Crippen LogP contribution in [0.2, 0.25) is 10.0 Å². The summed E-state index contributed by atoms with van der Waals surface area (Å²) in [5, 5.41) is 7.16. The van der Waals surface area contributed by atoms with Crippen molar-refractivity contribution in [1.82, 2.24) is 5.43 Å². The van der Waals surface area contributed by atoms with Crippen LogP contribution in [0.5, 0.6) is 5.75 Å². The number of benzene rings is 2. The van der Waals surface area contributed by atoms with Crippen LogP contribution < -0.4 is 15.5 Å². The minimum absolute atomic E-state index is 0.369. The maximum atomic E-state index is 11.9. The van der Waals surface area contributed by atoms with Crippen LogP contribution in [0, 0.1) is 0 Å². The molecule has 0 aliphatic rings. The maximum Gasteiger partial charge on any atom is 0.329 e. The Kier molecular flexibility index (Phi) is 7.11. The van der Waals surface area contributed by atoms with Gasteiger partial charge in [0, 0.05) is 21.3 Å². The van der Waals surface area contributed by atoms with E-state index in [2.05, 4.69) is 15.8 Å². The molecule has 30 heavy (non-hydrogen) atoms. The van der Waals surface area contributed by atoms with Crippen molar-refractivity contribution in [3.63, 3.8) is 0 Å². The van der Waals surface area contributed by atoms with Crippen molar-refractivity contribution in [2.75, 3.05) is 11.9 Å². The number of carbonyl (C=O) groups is 2. The molecule has 0 saturated heterocycles. The molecule has 0 fully saturated rings. The Balaban J connectivity index is 1.55. The maximum absolute atomic E-state index is 11.9. The SMILES string of the molecule is CCOc1ccc(NC(=O)C(=O)N/N=C/c2ccc(-c3cc(Cl)cc(Cl)c3)o2)cc1. The molecule has 1 aromatic heterocycles. The Morgan fingerprint density at radius 2 is 1.73 bits per heavy atom. The number of halogens is 2. The third-order valence-electron chi connectivity index (χ3n) is 3.76. The molecule has 3 aromatic rings. The number of rotatable bonds is 6. The van der Waals surface area contributed by atoms with Crippen LogP contribution in [0.3, 0.4) is 0 Å². The zero-order chi connectivity index (χ0) is 21.5. The van der Waals surface area contributed by atoms with E-state index in [0.717, 1.165) is 0 Å². The van der Waals surface area contributed by atoms with Gasteiger partial charge >= 0.3 is 11.8 Å². The summed E-state index contributed by atoms with van der Waals surface area (Å²) < 4.78 is 10.9. The number of furan rings is 1. The van der Waals surface area contributed by atoms with Crippen LogP contribution in [0.4, 0.5) is 5.69 Å². The van der Waals surface area contributed by atoms with Gasteiger partial charge in [-0.2, -0.15) is 5.10 Å². The Labute approximate surface area is 182 Å². The number of carbonyl (C=O) groups excluding carboxylic acids is 2. The molecule has 0 radical (unpaired) electrons. The number of anilines is 1. The molecule has 1 heterocycles. The first-order chi connectivity index (χ1) is 14.4. The third kappa shape index (κ3) is 5.85. The Morgan fingerprint density at radius 3 is 2.40 bits per heavy atom. The van der Waals surface area contributed by atoms with Gasteiger partial charge in [-0.25, -0.2) is 5.43 Å². The number of hydrogen-bond acceptors (Lipinski definition) is 5. The van der Waals surface area contributed by atoms with E-state index in [9.17, 15) is 9.59 Å². The number of hydrazone groups is 1. The van der Waals surface area contributed by atoms with Gasteiger partial charge < -0.3 is 14.5 Å². The molecule has 0 unspecified atom stereocenters. The van der Waals surface area contributed by atoms with E-state index in [-0.39, 0.29) is 0 Å². The summed E-state index contributed by atoms with van der Waals surface area (Å²) in [6, 6.07) is 15.0. The van der Waals surface area contributed by atoms with Crippen molar-refractivity contribution in [2.45, 2.75) is 6.92 Å². The molecule has 9 heteroatoms. The summed E-state index contributed by atoms with van der Waals surface area (Å²) in [4.78, 5) is 23.8. The lowest BCUT2D eigenvalue weighted by Crippen LogP contribution is -2.32. The smallest absolute Gasteiger partial charge is 0.329 e. The predicted octanol–water partition coefficient (Wildman–Crippen LogP) is 4.74. The van der Waals surface area contributed by atoms with E-state index >= 15 is 0 Å². The molecule has 154 valence electrons. The van der Waals surface area contributed by atoms with E-state index < -0.39 is 11.8 Å². The number of hydrogen-bond donors (Lipinski definition) is 2. The molecule has 2 amide bonds. The second kappa shape index (κ2) is 9.96. The summed E-state index contributed by atoms with van der Waals surface area (Å²) in [6.45, 7) is 2.41. The van der Waals surface area contributed by atoms with Gasteiger partial charge in [0.2, 0.25) is 0 Å². The number of nitrogens with zero attached hydrogens (tertiary/aromatic N) is 1. The standard InChI is InChI=1S/C21H17Cl2N3O4/c1-2-29-17-5-3-16(4-6-17)25-20(27)21(28)26-24-12-18-7-8-19(30-18)13-9-14(22)11-15(23)10-13/h3-12H,2H2,1H3,(H,25,27)(H,26,28)/b24-12+. The summed E-state index contributed by atoms with van der Waals surface area (Å²) in [5.74, 6) is -0.213. The van der Waals surface area contributed by atoms with Crippen molar-refractivity contribution in [3.05, 3.63) is 70.4 Å². The fraction of sp³-hybridized carbons (Fsp3) is 0.0952. The fourth-order valence-electron chi connectivity index (χ4n) is 2.47. The highest BCUT2D eigenvalue weighted by atomic mass is 35.5. The molecule has 7 nitrogen and oxygen atoms in total. The second-order valence-electron chi connectivity index (χ2n) is 5.97. The molecule has 0 spiro atoms. The average molecular weight is 446 g/mol. The predicted molar refractivity (Wildman–Crippen MR) is 116 cm³/mol. The minimum atomic E-state index is -0.923. The van der Waals surface area contributed by atoms with E-state index in [1.807, 2.05) is 6.92 Å². The van der Waals surface area contributed by atoms with E-state index in [0.29, 0.717) is 45.2 Å². The molecule has 0 atom stereocenters. The lowest BCUT2D eigenvalue weighted by molar-refractivity contribution is -0.136. The highest BCUT2D eigenvalue weighted by Crippen LogP contribution is 2.28. The summed E-state index contributed by atoms with van der Waals surface area (Å²) in [7, 11) is 0. The van der Waals surface area contributed by atoms with Crippen molar-refractivity contribution >= 4 is 46.9 Å². The number of nitrogens with one attached hydrogen (secondary N) is 2. The first-order valence-electron chi connectivity index (χ1n) is 8.88. The monoisotopic (exact) mass is 445 g/mol. The normalized spacial score (nSPS) is 10.8. The topological polar surface area (TPSA) is 92.9 Å². The molecule has 2 N–H and O–H groups in total. The minimum Gasteiger partial charge on any atom is -0.494 e. The zero-order valence-corrected chi connectivity index (χ0v) is 17.3. The molecule has 2 aromatic carbocycles. The highest BCUT2D eigenvalue weighted by Gasteiger charge is 2.13. The van der Waals surface area contributed by atoms with Gasteiger partial charge in [0.15, 0.2) is 0 Å². The molecular formula is C21H17Cl2N3O4. The van der Waals surface area contributed by atoms with E-state index in [1.165, 1.54) is 6.21 Å². The second-order valence-corrected chi connectivity index (χ2v) is 6.84. The van der Waals surface area contributed by atoms with Gasteiger partial charge in [-0.15, -0.1) is 0 Å². The van der Waals surface area contributed by atoms with Crippen LogP contribution >= 0.6 is 23.2 Å². The largest absolute Gasteiger partial charge is 0.494 e. The first kappa shape index (κ1) is 21.4. The van der Waals surface area contributed by atoms with Gasteiger partial charge in [0.25, 0.3) is 0 Å². The summed E-state index contributed by atoms with van der Waals surface area (Å²) in [6.07, 6.45) is 1.28. The Morgan fingerprint density at radius 1 is 1.03 bits per heavy atom. The third-order valence-corrected chi connectivity index (χ3v) is 4.20. The Bertz CT molecular complexity index is 1060. The molecule has 0 aliphatic heterocycles. The summed E-state index contributed by atoms with van der Waals surface area (Å²) >= 11 is 12.0. The van der Waals surface area contributed by atoms with Crippen LogP contribution in [0.1, 0.15) is 12.7 Å². The lowest BCUT2D eigenvalue weighted by Gasteiger charge is -2.06. The van der Waals surface area contributed by atoms with Crippen LogP contribution in [-0.2, 0) is 9.59 Å². The Hall–Kier alpha value is -3.29. The van der Waals surface area contributed by atoms with Crippen molar-refractivity contribution in [1.29, 1.82) is 0 Å². The quantitative estimate of drug-likeness (QED) is 0.325. The summed E-state index contributed by atoms with van der Waals surface area (Å²) in [5.41, 5.74) is 3.30. The lowest BCUT2D eigenvalue weighted by atomic mass is 10.2. The molecule has 3 rings (SSSR count). The van der Waals surface area contributed by atoms with Crippen molar-refractivity contribution in [3.8, 4) is 17.1 Å². The van der Waals surface area contributed by atoms with Crippen molar-refractivity contribution < 1.29 is 18.7 Å². The van der Waals surface area contributed by atoms with Crippen LogP contribution in [0.15, 0.2) is 64.1 Å². The average Bonchev–Trinajstić information content (AvgIpc) is 3.18. The van der Waals surface area contributed by atoms with Crippen LogP contribution in [0.25, 0.3) is 11.3 Å². The first-order valence-corrected chi connectivity index (χ1v) is 9.63. The number of ether oxygens (including phenoxy) is 1. The highest BCUT2D eigenvalue weighted by molar-refractivity contribution is 6.39. The van der Waals surface area contributed by atoms with Gasteiger partial charge in [-0.05, 0) is 61.5 Å². The van der Waals surface area contributed by atoms with Gasteiger partial charge in [0.05, 0.1) is 12.8 Å². The number of amides is 2. The van der Waals surface area contributed by atoms with E-state index in [1.54, 1.807) is 54.6 Å². The van der Waals surface area contributed by atoms with Gasteiger partial charge in [-0.3, -0.25) is 9.59 Å². The molecular weight excluding hydrogens is 429 g/mol. The van der Waals surface area contributed by atoms with Gasteiger partial charge in [-0.1, -0.05) is 23.2 Å². The molecule has 0 bridgehead atoms. The van der Waals surface area contributed by atoms with Crippen molar-refractivity contribution in [2.24, 2.45) is 5.10 Å². The van der Waals surface area contributed by atoms with E-state index in [4.69, 9.17) is 32.4 Å².